The lowest BCUT2D eigenvalue weighted by Crippen LogP contribution is -2.17. The number of aliphatic imine (C=N–C) groups is 1. The minimum absolute atomic E-state index is 0.0121. The molecule has 120 valence electrons. The number of nitrogens with two attached hydrogens (primary N) is 1. The summed E-state index contributed by atoms with van der Waals surface area (Å²) in [5, 5.41) is 10.0. The summed E-state index contributed by atoms with van der Waals surface area (Å²) in [6.07, 6.45) is -0.0315. The van der Waals surface area contributed by atoms with Crippen LogP contribution in [0.3, 0.4) is 0 Å². The summed E-state index contributed by atoms with van der Waals surface area (Å²) >= 11 is 0. The second-order valence-electron chi connectivity index (χ2n) is 6.13. The van der Waals surface area contributed by atoms with Crippen molar-refractivity contribution in [3.05, 3.63) is 35.4 Å². The third kappa shape index (κ3) is 2.52. The number of rotatable bonds is 4. The first-order valence-electron chi connectivity index (χ1n) is 7.75. The number of hydrogen-bond donors (Lipinski definition) is 2. The fourth-order valence-electron chi connectivity index (χ4n) is 2.79. The second kappa shape index (κ2) is 5.57. The fraction of sp³-hybridized carbons (Fsp3) is 0.333. The van der Waals surface area contributed by atoms with Crippen LogP contribution in [0.1, 0.15) is 38.8 Å². The summed E-state index contributed by atoms with van der Waals surface area (Å²) in [5.41, 5.74) is 7.36. The predicted molar refractivity (Wildman–Crippen MR) is 93.0 cm³/mol. The molecule has 5 heteroatoms. The quantitative estimate of drug-likeness (QED) is 0.907. The molecule has 0 aliphatic carbocycles. The first-order chi connectivity index (χ1) is 10.9. The van der Waals surface area contributed by atoms with Crippen LogP contribution in [0.5, 0.6) is 11.5 Å². The molecule has 23 heavy (non-hydrogen) atoms. The molecule has 0 saturated heterocycles. The standard InChI is InChI=1S/C18H21N3O2/c1-9(2)22-15-11-7-5-6-8-12(11)16(23-10(3)4)14-13(15)17(19)21-18(14)20/h5-10H,1-4H3,(H3,19,20,21). The highest BCUT2D eigenvalue weighted by Gasteiger charge is 2.31. The molecule has 0 unspecified atom stereocenters. The van der Waals surface area contributed by atoms with Gasteiger partial charge in [-0.25, -0.2) is 4.99 Å². The Kier molecular flexibility index (Phi) is 3.72. The van der Waals surface area contributed by atoms with Gasteiger partial charge in [-0.3, -0.25) is 5.41 Å². The van der Waals surface area contributed by atoms with E-state index in [0.717, 1.165) is 10.8 Å². The summed E-state index contributed by atoms with van der Waals surface area (Å²) < 4.78 is 12.1. The highest BCUT2D eigenvalue weighted by atomic mass is 16.5. The highest BCUT2D eigenvalue weighted by Crippen LogP contribution is 2.43. The summed E-state index contributed by atoms with van der Waals surface area (Å²) in [6, 6.07) is 7.86. The lowest BCUT2D eigenvalue weighted by atomic mass is 9.97. The van der Waals surface area contributed by atoms with Gasteiger partial charge in [-0.1, -0.05) is 24.3 Å². The summed E-state index contributed by atoms with van der Waals surface area (Å²) in [7, 11) is 0. The molecule has 3 rings (SSSR count). The van der Waals surface area contributed by atoms with Gasteiger partial charge in [-0.2, -0.15) is 0 Å². The largest absolute Gasteiger partial charge is 0.490 e. The van der Waals surface area contributed by atoms with Crippen LogP contribution in [0.4, 0.5) is 0 Å². The van der Waals surface area contributed by atoms with Crippen molar-refractivity contribution in [2.45, 2.75) is 39.9 Å². The van der Waals surface area contributed by atoms with Crippen molar-refractivity contribution < 1.29 is 9.47 Å². The van der Waals surface area contributed by atoms with E-state index in [1.54, 1.807) is 0 Å². The summed E-state index contributed by atoms with van der Waals surface area (Å²) in [6.45, 7) is 7.85. The van der Waals surface area contributed by atoms with E-state index >= 15 is 0 Å². The zero-order chi connectivity index (χ0) is 16.7. The molecular formula is C18H21N3O2. The molecule has 1 aliphatic heterocycles. The SMILES string of the molecule is CC(C)Oc1c2c(c(OC(C)C)c3ccccc13)C(N)=NC2=N. The first-order valence-corrected chi connectivity index (χ1v) is 7.75. The molecule has 0 fully saturated rings. The summed E-state index contributed by atoms with van der Waals surface area (Å²) in [4.78, 5) is 4.13. The molecule has 1 heterocycles. The van der Waals surface area contributed by atoms with E-state index in [4.69, 9.17) is 20.6 Å². The molecule has 2 aromatic rings. The van der Waals surface area contributed by atoms with Crippen LogP contribution in [0, 0.1) is 5.41 Å². The maximum absolute atomic E-state index is 8.20. The number of fused-ring (bicyclic) bond motifs is 2. The highest BCUT2D eigenvalue weighted by molar-refractivity contribution is 6.26. The molecule has 1 aliphatic rings. The van der Waals surface area contributed by atoms with E-state index in [0.29, 0.717) is 28.5 Å². The summed E-state index contributed by atoms with van der Waals surface area (Å²) in [5.74, 6) is 1.74. The Labute approximate surface area is 135 Å². The minimum Gasteiger partial charge on any atom is -0.490 e. The Balaban J connectivity index is 2.41. The van der Waals surface area contributed by atoms with E-state index in [9.17, 15) is 0 Å². The van der Waals surface area contributed by atoms with Crippen molar-refractivity contribution >= 4 is 22.4 Å². The molecule has 0 spiro atoms. The molecule has 0 atom stereocenters. The fourth-order valence-corrected chi connectivity index (χ4v) is 2.79. The molecule has 0 bridgehead atoms. The number of ether oxygens (including phenoxy) is 2. The third-order valence-electron chi connectivity index (χ3n) is 3.55. The van der Waals surface area contributed by atoms with Crippen LogP contribution in [0.25, 0.3) is 10.8 Å². The van der Waals surface area contributed by atoms with Crippen molar-refractivity contribution in [2.75, 3.05) is 0 Å². The molecule has 2 aromatic carbocycles. The second-order valence-corrected chi connectivity index (χ2v) is 6.13. The van der Waals surface area contributed by atoms with E-state index in [2.05, 4.69) is 4.99 Å². The molecule has 5 nitrogen and oxygen atoms in total. The number of hydrogen-bond acceptors (Lipinski definition) is 4. The average Bonchev–Trinajstić information content (AvgIpc) is 2.76. The van der Waals surface area contributed by atoms with Gasteiger partial charge in [-0.05, 0) is 27.7 Å². The lowest BCUT2D eigenvalue weighted by molar-refractivity contribution is 0.239. The predicted octanol–water partition coefficient (Wildman–Crippen LogP) is 3.46. The smallest absolute Gasteiger partial charge is 0.158 e. The van der Waals surface area contributed by atoms with Crippen LogP contribution in [0.2, 0.25) is 0 Å². The number of nitrogens with zero attached hydrogens (tertiary/aromatic N) is 1. The van der Waals surface area contributed by atoms with Crippen LogP contribution in [0.15, 0.2) is 29.3 Å². The van der Waals surface area contributed by atoms with Crippen LogP contribution in [-0.2, 0) is 0 Å². The molecule has 0 amide bonds. The van der Waals surface area contributed by atoms with Crippen LogP contribution < -0.4 is 15.2 Å². The Morgan fingerprint density at radius 1 is 0.913 bits per heavy atom. The van der Waals surface area contributed by atoms with Gasteiger partial charge in [0.25, 0.3) is 0 Å². The monoisotopic (exact) mass is 311 g/mol. The van der Waals surface area contributed by atoms with Crippen molar-refractivity contribution in [3.63, 3.8) is 0 Å². The lowest BCUT2D eigenvalue weighted by Gasteiger charge is -2.21. The molecule has 3 N–H and O–H groups in total. The normalized spacial score (nSPS) is 13.7. The van der Waals surface area contributed by atoms with Gasteiger partial charge >= 0.3 is 0 Å². The maximum Gasteiger partial charge on any atom is 0.158 e. The van der Waals surface area contributed by atoms with E-state index in [1.807, 2.05) is 52.0 Å². The molecule has 0 saturated carbocycles. The van der Waals surface area contributed by atoms with Gasteiger partial charge in [0.1, 0.15) is 17.3 Å². The van der Waals surface area contributed by atoms with Crippen LogP contribution in [-0.4, -0.2) is 23.9 Å². The van der Waals surface area contributed by atoms with Crippen molar-refractivity contribution in [1.82, 2.24) is 0 Å². The van der Waals surface area contributed by atoms with E-state index in [-0.39, 0.29) is 18.0 Å². The van der Waals surface area contributed by atoms with Gasteiger partial charge in [0.15, 0.2) is 5.84 Å². The average molecular weight is 311 g/mol. The topological polar surface area (TPSA) is 80.7 Å². The Morgan fingerprint density at radius 2 is 1.39 bits per heavy atom. The van der Waals surface area contributed by atoms with Gasteiger partial charge in [0, 0.05) is 10.8 Å². The van der Waals surface area contributed by atoms with Gasteiger partial charge in [0.05, 0.1) is 23.3 Å². The Bertz CT molecular complexity index is 823. The number of benzene rings is 2. The van der Waals surface area contributed by atoms with Crippen molar-refractivity contribution in [1.29, 1.82) is 5.41 Å². The molecule has 0 aromatic heterocycles. The van der Waals surface area contributed by atoms with Crippen molar-refractivity contribution in [2.24, 2.45) is 10.7 Å². The molecule has 0 radical (unpaired) electrons. The van der Waals surface area contributed by atoms with E-state index < -0.39 is 0 Å². The van der Waals surface area contributed by atoms with Gasteiger partial charge in [-0.15, -0.1) is 0 Å². The van der Waals surface area contributed by atoms with E-state index in [1.165, 1.54) is 0 Å². The minimum atomic E-state index is -0.0194. The van der Waals surface area contributed by atoms with Gasteiger partial charge < -0.3 is 15.2 Å². The van der Waals surface area contributed by atoms with Gasteiger partial charge in [0.2, 0.25) is 0 Å². The maximum atomic E-state index is 8.20. The Hall–Kier alpha value is -2.56. The molecular weight excluding hydrogens is 290 g/mol. The zero-order valence-electron chi connectivity index (χ0n) is 13.8. The van der Waals surface area contributed by atoms with Crippen LogP contribution >= 0.6 is 0 Å². The zero-order valence-corrected chi connectivity index (χ0v) is 13.8. The third-order valence-corrected chi connectivity index (χ3v) is 3.55. The number of nitrogens with one attached hydrogen (secondary N) is 1. The van der Waals surface area contributed by atoms with Crippen molar-refractivity contribution in [3.8, 4) is 11.5 Å². The first kappa shape index (κ1) is 15.3. The Morgan fingerprint density at radius 3 is 1.87 bits per heavy atom. The number of amidine groups is 2.